The highest BCUT2D eigenvalue weighted by molar-refractivity contribution is 7.17. The van der Waals surface area contributed by atoms with E-state index in [9.17, 15) is 18.8 Å². The van der Waals surface area contributed by atoms with E-state index in [1.165, 1.54) is 18.1 Å². The van der Waals surface area contributed by atoms with Gasteiger partial charge in [-0.05, 0) is 62.1 Å². The number of thiazole rings is 1. The molecule has 0 aliphatic carbocycles. The Balaban J connectivity index is 1.68. The van der Waals surface area contributed by atoms with Crippen LogP contribution in [0, 0.1) is 18.7 Å². The van der Waals surface area contributed by atoms with Gasteiger partial charge in [0.05, 0.1) is 43.0 Å². The average molecular weight is 581 g/mol. The number of nitrogens with zero attached hydrogens (tertiary/aromatic N) is 2. The van der Waals surface area contributed by atoms with Crippen LogP contribution >= 0.6 is 11.3 Å². The van der Waals surface area contributed by atoms with Gasteiger partial charge in [-0.3, -0.25) is 14.5 Å². The van der Waals surface area contributed by atoms with Crippen molar-refractivity contribution in [1.82, 2.24) is 4.98 Å². The lowest BCUT2D eigenvalue weighted by Crippen LogP contribution is -2.29. The molecule has 2 aromatic heterocycles. The van der Waals surface area contributed by atoms with E-state index in [2.05, 4.69) is 18.8 Å². The minimum Gasteiger partial charge on any atom is -0.493 e. The molecule has 3 heterocycles. The van der Waals surface area contributed by atoms with Gasteiger partial charge < -0.3 is 18.6 Å². The molecule has 0 fully saturated rings. The van der Waals surface area contributed by atoms with Gasteiger partial charge in [0.25, 0.3) is 5.91 Å². The zero-order valence-corrected chi connectivity index (χ0v) is 24.1. The first-order valence-electron chi connectivity index (χ1n) is 13.2. The molecule has 1 atom stereocenters. The average Bonchev–Trinajstić information content (AvgIpc) is 3.46. The van der Waals surface area contributed by atoms with Crippen LogP contribution < -0.4 is 19.8 Å². The lowest BCUT2D eigenvalue weighted by molar-refractivity contribution is 0.0531. The Kier molecular flexibility index (Phi) is 7.81. The van der Waals surface area contributed by atoms with E-state index in [1.54, 1.807) is 32.0 Å². The van der Waals surface area contributed by atoms with Gasteiger partial charge in [-0.1, -0.05) is 31.3 Å². The Hall–Kier alpha value is -4.25. The summed E-state index contributed by atoms with van der Waals surface area (Å²) in [5.74, 6) is -0.596. The van der Waals surface area contributed by atoms with Crippen LogP contribution in [-0.2, 0) is 4.74 Å². The molecule has 0 saturated heterocycles. The fourth-order valence-corrected chi connectivity index (χ4v) is 5.69. The molecule has 1 aliphatic rings. The van der Waals surface area contributed by atoms with E-state index in [1.807, 2.05) is 0 Å². The number of aromatic nitrogens is 1. The van der Waals surface area contributed by atoms with Crippen molar-refractivity contribution in [2.45, 2.75) is 40.2 Å². The van der Waals surface area contributed by atoms with Crippen LogP contribution in [0.15, 0.2) is 45.6 Å². The number of fused-ring (bicyclic) bond motifs is 2. The second-order valence-corrected chi connectivity index (χ2v) is 10.9. The van der Waals surface area contributed by atoms with E-state index < -0.39 is 29.2 Å². The molecule has 1 unspecified atom stereocenters. The minimum absolute atomic E-state index is 0.00605. The number of hydrogen-bond acceptors (Lipinski definition) is 9. The van der Waals surface area contributed by atoms with Crippen LogP contribution in [0.2, 0.25) is 0 Å². The second kappa shape index (κ2) is 11.3. The first-order chi connectivity index (χ1) is 19.6. The predicted molar refractivity (Wildman–Crippen MR) is 152 cm³/mol. The van der Waals surface area contributed by atoms with Gasteiger partial charge in [0.1, 0.15) is 16.3 Å². The van der Waals surface area contributed by atoms with Crippen LogP contribution in [0.4, 0.5) is 9.52 Å². The van der Waals surface area contributed by atoms with Crippen molar-refractivity contribution >= 4 is 39.3 Å². The quantitative estimate of drug-likeness (QED) is 0.220. The number of benzene rings is 2. The first-order valence-corrected chi connectivity index (χ1v) is 14.0. The van der Waals surface area contributed by atoms with E-state index >= 15 is 0 Å². The van der Waals surface area contributed by atoms with Crippen LogP contribution in [0.25, 0.3) is 11.0 Å². The molecule has 1 amide bonds. The Bertz CT molecular complexity index is 1710. The Morgan fingerprint density at radius 3 is 2.66 bits per heavy atom. The number of amides is 1. The van der Waals surface area contributed by atoms with E-state index in [-0.39, 0.29) is 38.9 Å². The highest BCUT2D eigenvalue weighted by atomic mass is 32.1. The molecular formula is C30H29FN2O7S. The summed E-state index contributed by atoms with van der Waals surface area (Å²) < 4.78 is 36.7. The summed E-state index contributed by atoms with van der Waals surface area (Å²) in [6.07, 6.45) is 0.847. The van der Waals surface area contributed by atoms with Gasteiger partial charge in [0.15, 0.2) is 22.1 Å². The van der Waals surface area contributed by atoms with Crippen LogP contribution in [0.3, 0.4) is 0 Å². The van der Waals surface area contributed by atoms with Crippen LogP contribution in [0.1, 0.15) is 70.3 Å². The molecule has 4 aromatic rings. The molecule has 214 valence electrons. The van der Waals surface area contributed by atoms with Gasteiger partial charge in [-0.2, -0.15) is 0 Å². The molecule has 0 bridgehead atoms. The van der Waals surface area contributed by atoms with Crippen molar-refractivity contribution in [3.8, 4) is 11.5 Å². The number of halogens is 1. The molecular weight excluding hydrogens is 551 g/mol. The number of carbonyl (C=O) groups excluding carboxylic acids is 2. The number of ether oxygens (including phenoxy) is 3. The number of carbonyl (C=O) groups is 2. The Labute approximate surface area is 239 Å². The molecule has 41 heavy (non-hydrogen) atoms. The number of methoxy groups -OCH3 is 1. The van der Waals surface area contributed by atoms with E-state index in [4.69, 9.17) is 18.6 Å². The highest BCUT2D eigenvalue weighted by Crippen LogP contribution is 2.45. The first kappa shape index (κ1) is 28.3. The van der Waals surface area contributed by atoms with Gasteiger partial charge in [-0.25, -0.2) is 14.2 Å². The maximum atomic E-state index is 14.1. The fraction of sp³-hybridized carbons (Fsp3) is 0.333. The van der Waals surface area contributed by atoms with Crippen molar-refractivity contribution < 1.29 is 32.6 Å². The third kappa shape index (κ3) is 5.17. The Morgan fingerprint density at radius 2 is 1.95 bits per heavy atom. The molecule has 11 heteroatoms. The minimum atomic E-state index is -0.999. The summed E-state index contributed by atoms with van der Waals surface area (Å²) in [5, 5.41) is 0.185. The van der Waals surface area contributed by atoms with E-state index in [0.29, 0.717) is 35.3 Å². The molecule has 2 aromatic carbocycles. The fourth-order valence-electron chi connectivity index (χ4n) is 4.71. The smallest absolute Gasteiger partial charge is 0.350 e. The summed E-state index contributed by atoms with van der Waals surface area (Å²) >= 11 is 0.977. The largest absolute Gasteiger partial charge is 0.493 e. The molecule has 0 spiro atoms. The number of hydrogen-bond donors (Lipinski definition) is 0. The molecule has 9 nitrogen and oxygen atoms in total. The van der Waals surface area contributed by atoms with Crippen LogP contribution in [0.5, 0.6) is 11.5 Å². The summed E-state index contributed by atoms with van der Waals surface area (Å²) in [6, 6.07) is 7.70. The van der Waals surface area contributed by atoms with Crippen LogP contribution in [-0.4, -0.2) is 37.2 Å². The second-order valence-electron chi connectivity index (χ2n) is 9.96. The normalized spacial score (nSPS) is 14.6. The molecule has 0 N–H and O–H groups in total. The van der Waals surface area contributed by atoms with Crippen molar-refractivity contribution in [3.05, 3.63) is 79.9 Å². The van der Waals surface area contributed by atoms with Crippen molar-refractivity contribution in [2.75, 3.05) is 25.2 Å². The molecule has 0 saturated carbocycles. The number of anilines is 1. The zero-order chi connectivity index (χ0) is 29.4. The molecule has 0 radical (unpaired) electrons. The van der Waals surface area contributed by atoms with Crippen molar-refractivity contribution in [2.24, 2.45) is 5.92 Å². The SMILES string of the molecule is CCOC(=O)c1sc(N2C(=O)c3oc4ccc(F)cc4c(=O)c3C2c2ccc(OCCC(C)C)c(OC)c2)nc1C. The highest BCUT2D eigenvalue weighted by Gasteiger charge is 2.45. The molecule has 1 aliphatic heterocycles. The maximum absolute atomic E-state index is 14.1. The predicted octanol–water partition coefficient (Wildman–Crippen LogP) is 6.06. The number of aryl methyl sites for hydroxylation is 1. The summed E-state index contributed by atoms with van der Waals surface area (Å²) in [4.78, 5) is 46.3. The van der Waals surface area contributed by atoms with Gasteiger partial charge >= 0.3 is 5.97 Å². The topological polar surface area (TPSA) is 108 Å². The third-order valence-electron chi connectivity index (χ3n) is 6.74. The summed E-state index contributed by atoms with van der Waals surface area (Å²) in [7, 11) is 1.50. The Morgan fingerprint density at radius 1 is 1.17 bits per heavy atom. The van der Waals surface area contributed by atoms with Gasteiger partial charge in [0.2, 0.25) is 5.76 Å². The standard InChI is InChI=1S/C30H29FN2O7S/c1-6-38-29(36)27-16(4)32-30(41-27)33-24(17-7-9-21(22(13-17)37-5)39-12-11-15(2)3)23-25(34)19-14-18(31)8-10-20(19)40-26(23)28(33)35/h7-10,13-15,24H,6,11-12H2,1-5H3. The third-order valence-corrected chi connectivity index (χ3v) is 7.88. The maximum Gasteiger partial charge on any atom is 0.350 e. The van der Waals surface area contributed by atoms with Crippen molar-refractivity contribution in [1.29, 1.82) is 0 Å². The lowest BCUT2D eigenvalue weighted by atomic mass is 9.98. The monoisotopic (exact) mass is 580 g/mol. The lowest BCUT2D eigenvalue weighted by Gasteiger charge is -2.23. The van der Waals surface area contributed by atoms with Gasteiger partial charge in [-0.15, -0.1) is 0 Å². The zero-order valence-electron chi connectivity index (χ0n) is 23.3. The summed E-state index contributed by atoms with van der Waals surface area (Å²) in [6.45, 7) is 8.20. The van der Waals surface area contributed by atoms with E-state index in [0.717, 1.165) is 29.9 Å². The number of esters is 1. The van der Waals surface area contributed by atoms with Gasteiger partial charge in [0, 0.05) is 0 Å². The summed E-state index contributed by atoms with van der Waals surface area (Å²) in [5.41, 5.74) is 0.465. The number of rotatable bonds is 9. The van der Waals surface area contributed by atoms with Crippen molar-refractivity contribution in [3.63, 3.8) is 0 Å². The molecule has 5 rings (SSSR count).